The second-order valence-electron chi connectivity index (χ2n) is 25.5. The Kier molecular flexibility index (Phi) is 14.3. The van der Waals surface area contributed by atoms with Gasteiger partial charge in [-0.25, -0.2) is 0 Å². The third-order valence-corrected chi connectivity index (χ3v) is 24.0. The molecule has 14 aromatic carbocycles. The van der Waals surface area contributed by atoms with Gasteiger partial charge in [-0.15, -0.1) is 0 Å². The molecule has 0 fully saturated rings. The first kappa shape index (κ1) is 56.2. The molecule has 92 heavy (non-hydrogen) atoms. The van der Waals surface area contributed by atoms with Gasteiger partial charge in [0.2, 0.25) is 0 Å². The zero-order valence-corrected chi connectivity index (χ0v) is 53.0. The molecule has 2 aliphatic rings. The van der Waals surface area contributed by atoms with E-state index in [4.69, 9.17) is 0 Å². The lowest BCUT2D eigenvalue weighted by atomic mass is 9.33. The number of hydrogen-bond donors (Lipinski definition) is 0. The SMILES string of the molecule is CC(C)(C)c1cc2c3c(c1)N(c1c(-c4ccccc4)cccc1-c1ccccc1)c1cc(-c4ccccc4)ccc1B3c1cc(-c3ccc([Si](c4ccccc4)(c4ccccc4)c4ccccc4)cc3)ccc1N2c1c(-c2ccccc2)cccc1-c1ccccc1. The second kappa shape index (κ2) is 23.4. The zero-order chi connectivity index (χ0) is 61.8. The lowest BCUT2D eigenvalue weighted by molar-refractivity contribution is 0.590. The van der Waals surface area contributed by atoms with Gasteiger partial charge in [0.1, 0.15) is 0 Å². The van der Waals surface area contributed by atoms with Crippen molar-refractivity contribution in [3.63, 3.8) is 0 Å². The third kappa shape index (κ3) is 9.65. The molecule has 0 aromatic heterocycles. The minimum Gasteiger partial charge on any atom is -0.310 e. The van der Waals surface area contributed by atoms with Crippen LogP contribution < -0.4 is 46.9 Å². The molecule has 0 unspecified atom stereocenters. The van der Waals surface area contributed by atoms with Crippen molar-refractivity contribution in [2.24, 2.45) is 0 Å². The molecule has 2 heterocycles. The van der Waals surface area contributed by atoms with Crippen molar-refractivity contribution in [1.82, 2.24) is 0 Å². The summed E-state index contributed by atoms with van der Waals surface area (Å²) in [4.78, 5) is 5.34. The Labute approximate surface area is 542 Å². The molecule has 0 atom stereocenters. The van der Waals surface area contributed by atoms with Gasteiger partial charge in [-0.3, -0.25) is 0 Å². The molecule has 16 rings (SSSR count). The van der Waals surface area contributed by atoms with Crippen LogP contribution in [0.1, 0.15) is 26.3 Å². The van der Waals surface area contributed by atoms with Gasteiger partial charge < -0.3 is 9.80 Å². The molecule has 2 nitrogen and oxygen atoms in total. The Morgan fingerprint density at radius 1 is 0.250 bits per heavy atom. The highest BCUT2D eigenvalue weighted by atomic mass is 28.3. The van der Waals surface area contributed by atoms with Crippen molar-refractivity contribution in [1.29, 1.82) is 0 Å². The Morgan fingerprint density at radius 3 is 0.978 bits per heavy atom. The predicted molar refractivity (Wildman–Crippen MR) is 395 cm³/mol. The summed E-state index contributed by atoms with van der Waals surface area (Å²) in [5.41, 5.74) is 25.7. The Hall–Kier alpha value is -11.0. The highest BCUT2D eigenvalue weighted by Gasteiger charge is 2.47. The molecule has 0 saturated carbocycles. The highest BCUT2D eigenvalue weighted by molar-refractivity contribution is 7.19. The summed E-state index contributed by atoms with van der Waals surface area (Å²) in [5, 5.41) is 5.42. The van der Waals surface area contributed by atoms with Gasteiger partial charge in [0, 0.05) is 45.0 Å². The molecule has 2 aliphatic heterocycles. The van der Waals surface area contributed by atoms with E-state index in [9.17, 15) is 0 Å². The maximum Gasteiger partial charge on any atom is 0.252 e. The van der Waals surface area contributed by atoms with Crippen LogP contribution in [-0.4, -0.2) is 14.8 Å². The van der Waals surface area contributed by atoms with Gasteiger partial charge in [-0.05, 0) is 117 Å². The Bertz CT molecular complexity index is 4770. The van der Waals surface area contributed by atoms with Crippen LogP contribution in [0.4, 0.5) is 34.1 Å². The topological polar surface area (TPSA) is 6.48 Å². The summed E-state index contributed by atoms with van der Waals surface area (Å²) in [6.07, 6.45) is 0. The number of fused-ring (bicyclic) bond motifs is 4. The van der Waals surface area contributed by atoms with Crippen LogP contribution in [0.2, 0.25) is 0 Å². The second-order valence-corrected chi connectivity index (χ2v) is 29.3. The van der Waals surface area contributed by atoms with E-state index in [1.54, 1.807) is 0 Å². The van der Waals surface area contributed by atoms with Crippen molar-refractivity contribution >= 4 is 86.0 Å². The molecule has 436 valence electrons. The van der Waals surface area contributed by atoms with E-state index >= 15 is 0 Å². The molecular formula is C88H67BN2Si. The summed E-state index contributed by atoms with van der Waals surface area (Å²) >= 11 is 0. The van der Waals surface area contributed by atoms with Crippen LogP contribution in [0.25, 0.3) is 66.8 Å². The quantitative estimate of drug-likeness (QED) is 0.0889. The first-order valence-corrected chi connectivity index (χ1v) is 34.2. The number of nitrogens with zero attached hydrogens (tertiary/aromatic N) is 2. The molecule has 0 spiro atoms. The number of anilines is 6. The average Bonchev–Trinajstić information content (AvgIpc) is 0.693. The third-order valence-electron chi connectivity index (χ3n) is 19.2. The van der Waals surface area contributed by atoms with Crippen LogP contribution >= 0.6 is 0 Å². The average molecular weight is 1190 g/mol. The van der Waals surface area contributed by atoms with Crippen molar-refractivity contribution in [2.75, 3.05) is 9.80 Å². The van der Waals surface area contributed by atoms with Crippen LogP contribution in [0, 0.1) is 0 Å². The molecule has 14 aromatic rings. The minimum absolute atomic E-state index is 0.182. The molecule has 0 aliphatic carbocycles. The number of hydrogen-bond acceptors (Lipinski definition) is 2. The normalized spacial score (nSPS) is 12.4. The number of rotatable bonds is 12. The van der Waals surface area contributed by atoms with Crippen molar-refractivity contribution in [3.8, 4) is 66.8 Å². The van der Waals surface area contributed by atoms with Crippen LogP contribution in [-0.2, 0) is 5.41 Å². The first-order valence-electron chi connectivity index (χ1n) is 32.2. The maximum absolute atomic E-state index is 2.80. The molecule has 0 bridgehead atoms. The minimum atomic E-state index is -2.80. The van der Waals surface area contributed by atoms with Crippen molar-refractivity contribution < 1.29 is 0 Å². The lowest BCUT2D eigenvalue weighted by Gasteiger charge is -2.46. The van der Waals surface area contributed by atoms with Gasteiger partial charge in [0.05, 0.1) is 11.4 Å². The summed E-state index contributed by atoms with van der Waals surface area (Å²) in [5.74, 6) is 0. The number of para-hydroxylation sites is 2. The zero-order valence-electron chi connectivity index (χ0n) is 52.0. The van der Waals surface area contributed by atoms with Crippen LogP contribution in [0.15, 0.2) is 352 Å². The summed E-state index contributed by atoms with van der Waals surface area (Å²) in [6.45, 7) is 6.94. The Morgan fingerprint density at radius 2 is 0.576 bits per heavy atom. The van der Waals surface area contributed by atoms with Gasteiger partial charge in [0.25, 0.3) is 6.71 Å². The van der Waals surface area contributed by atoms with Gasteiger partial charge >= 0.3 is 0 Å². The summed E-state index contributed by atoms with van der Waals surface area (Å²) < 4.78 is 0. The highest BCUT2D eigenvalue weighted by Crippen LogP contribution is 2.54. The molecule has 0 N–H and O–H groups in total. The van der Waals surface area contributed by atoms with Gasteiger partial charge in [0.15, 0.2) is 8.07 Å². The van der Waals surface area contributed by atoms with Gasteiger partial charge in [-0.2, -0.15) is 0 Å². The summed E-state index contributed by atoms with van der Waals surface area (Å²) in [6, 6.07) is 132. The van der Waals surface area contributed by atoms with Crippen LogP contribution in [0.3, 0.4) is 0 Å². The predicted octanol–water partition coefficient (Wildman–Crippen LogP) is 18.4. The monoisotopic (exact) mass is 1190 g/mol. The maximum atomic E-state index is 2.67. The van der Waals surface area contributed by atoms with Crippen LogP contribution in [0.5, 0.6) is 0 Å². The smallest absolute Gasteiger partial charge is 0.252 e. The van der Waals surface area contributed by atoms with Gasteiger partial charge in [-0.1, -0.05) is 348 Å². The number of benzene rings is 14. The first-order chi connectivity index (χ1) is 45.3. The summed E-state index contributed by atoms with van der Waals surface area (Å²) in [7, 11) is -2.80. The van der Waals surface area contributed by atoms with E-state index in [2.05, 4.69) is 382 Å². The van der Waals surface area contributed by atoms with E-state index in [1.165, 1.54) is 76.3 Å². The largest absolute Gasteiger partial charge is 0.310 e. The fourth-order valence-corrected chi connectivity index (χ4v) is 19.6. The van der Waals surface area contributed by atoms with E-state index in [0.717, 1.165) is 67.3 Å². The van der Waals surface area contributed by atoms with Crippen molar-refractivity contribution in [2.45, 2.75) is 26.2 Å². The molecular weight excluding hydrogens is 1120 g/mol. The fourth-order valence-electron chi connectivity index (χ4n) is 14.9. The molecule has 0 saturated heterocycles. The molecule has 0 radical (unpaired) electrons. The van der Waals surface area contributed by atoms with Crippen molar-refractivity contribution in [3.05, 3.63) is 357 Å². The van der Waals surface area contributed by atoms with E-state index in [1.807, 2.05) is 0 Å². The van der Waals surface area contributed by atoms with E-state index in [-0.39, 0.29) is 12.1 Å². The lowest BCUT2D eigenvalue weighted by Crippen LogP contribution is -2.74. The molecule has 4 heteroatoms. The molecule has 0 amide bonds. The van der Waals surface area contributed by atoms with E-state index in [0.29, 0.717) is 0 Å². The fraction of sp³-hybridized carbons (Fsp3) is 0.0455. The standard InChI is InChI=1S/C88H67BN2Si/c1-88(2,3)70-60-83-85-84(61-70)91(87-77(66-36-18-7-19-37-66)48-29-49-78(87)67-38-20-8-21-39-67)82-59-69(62-30-12-4-13-31-62)52-56-79(82)89(85)80-58-68(53-57-81(80)90(83)86-75(64-32-14-5-15-33-64)46-28-47-76(86)65-34-16-6-17-35-65)63-50-54-74(55-51-63)92(71-40-22-9-23-41-71,72-42-24-10-25-43-72)73-44-26-11-27-45-73/h4-61H,1-3H3. The van der Waals surface area contributed by atoms with E-state index < -0.39 is 8.07 Å². The Balaban J connectivity index is 1.01.